The molecule has 1 aliphatic carbocycles. The maximum absolute atomic E-state index is 12.1. The lowest BCUT2D eigenvalue weighted by Crippen LogP contribution is -2.47. The summed E-state index contributed by atoms with van der Waals surface area (Å²) in [7, 11) is 2.16. The third kappa shape index (κ3) is 5.41. The molecule has 0 radical (unpaired) electrons. The van der Waals surface area contributed by atoms with Gasteiger partial charge in [0.15, 0.2) is 0 Å². The highest BCUT2D eigenvalue weighted by molar-refractivity contribution is 5.76. The van der Waals surface area contributed by atoms with E-state index in [-0.39, 0.29) is 0 Å². The summed E-state index contributed by atoms with van der Waals surface area (Å²) in [6.45, 7) is 5.72. The van der Waals surface area contributed by atoms with Gasteiger partial charge in [-0.1, -0.05) is 32.1 Å². The molecule has 2 fully saturated rings. The standard InChI is InChI=1S/C16H31N3O/c1-18(11-7-15-5-3-2-4-6-15)12-8-16(20)19-13-9-17-10-14-19/h15,17H,2-14H2,1H3. The lowest BCUT2D eigenvalue weighted by atomic mass is 9.87. The molecule has 0 spiro atoms. The Hall–Kier alpha value is -0.610. The topological polar surface area (TPSA) is 35.6 Å². The molecule has 4 nitrogen and oxygen atoms in total. The van der Waals surface area contributed by atoms with Crippen molar-refractivity contribution in [3.8, 4) is 0 Å². The second kappa shape index (κ2) is 8.63. The molecule has 2 aliphatic rings. The van der Waals surface area contributed by atoms with Gasteiger partial charge in [-0.05, 0) is 25.9 Å². The molecule has 0 aromatic heterocycles. The average Bonchev–Trinajstić information content (AvgIpc) is 2.52. The van der Waals surface area contributed by atoms with E-state index in [0.29, 0.717) is 12.3 Å². The molecule has 1 saturated carbocycles. The largest absolute Gasteiger partial charge is 0.340 e. The Morgan fingerprint density at radius 3 is 2.55 bits per heavy atom. The molecule has 0 aromatic carbocycles. The average molecular weight is 281 g/mol. The third-order valence-corrected chi connectivity index (χ3v) is 4.82. The van der Waals surface area contributed by atoms with E-state index < -0.39 is 0 Å². The van der Waals surface area contributed by atoms with Crippen molar-refractivity contribution in [2.75, 3.05) is 46.3 Å². The van der Waals surface area contributed by atoms with Crippen molar-refractivity contribution >= 4 is 5.91 Å². The zero-order chi connectivity index (χ0) is 14.2. The SMILES string of the molecule is CN(CCC(=O)N1CCNCC1)CCC1CCCCC1. The summed E-state index contributed by atoms with van der Waals surface area (Å²) in [5.74, 6) is 1.27. The minimum atomic E-state index is 0.330. The summed E-state index contributed by atoms with van der Waals surface area (Å²) in [6, 6.07) is 0. The van der Waals surface area contributed by atoms with Crippen LogP contribution in [-0.4, -0.2) is 62.0 Å². The van der Waals surface area contributed by atoms with E-state index in [1.807, 2.05) is 4.90 Å². The number of piperazine rings is 1. The van der Waals surface area contributed by atoms with Crippen LogP contribution in [-0.2, 0) is 4.79 Å². The van der Waals surface area contributed by atoms with Crippen LogP contribution in [0.1, 0.15) is 44.9 Å². The van der Waals surface area contributed by atoms with Crippen LogP contribution in [0, 0.1) is 5.92 Å². The minimum Gasteiger partial charge on any atom is -0.340 e. The van der Waals surface area contributed by atoms with Crippen molar-refractivity contribution < 1.29 is 4.79 Å². The molecule has 4 heteroatoms. The van der Waals surface area contributed by atoms with E-state index in [2.05, 4.69) is 17.3 Å². The highest BCUT2D eigenvalue weighted by atomic mass is 16.2. The smallest absolute Gasteiger partial charge is 0.223 e. The molecular weight excluding hydrogens is 250 g/mol. The fourth-order valence-electron chi connectivity index (χ4n) is 3.35. The zero-order valence-electron chi connectivity index (χ0n) is 13.1. The molecule has 0 atom stereocenters. The summed E-state index contributed by atoms with van der Waals surface area (Å²) in [6.07, 6.45) is 9.14. The van der Waals surface area contributed by atoms with Crippen LogP contribution in [0.4, 0.5) is 0 Å². The van der Waals surface area contributed by atoms with Gasteiger partial charge in [0, 0.05) is 39.1 Å². The van der Waals surface area contributed by atoms with E-state index in [1.165, 1.54) is 38.5 Å². The maximum atomic E-state index is 12.1. The van der Waals surface area contributed by atoms with Gasteiger partial charge in [-0.3, -0.25) is 4.79 Å². The van der Waals surface area contributed by atoms with Crippen LogP contribution < -0.4 is 5.32 Å². The predicted molar refractivity (Wildman–Crippen MR) is 82.8 cm³/mol. The first-order chi connectivity index (χ1) is 9.75. The van der Waals surface area contributed by atoms with Crippen molar-refractivity contribution in [2.45, 2.75) is 44.9 Å². The van der Waals surface area contributed by atoms with Crippen LogP contribution in [0.5, 0.6) is 0 Å². The number of amides is 1. The first kappa shape index (κ1) is 15.8. The summed E-state index contributed by atoms with van der Waals surface area (Å²) in [4.78, 5) is 16.4. The van der Waals surface area contributed by atoms with Gasteiger partial charge in [-0.15, -0.1) is 0 Å². The van der Waals surface area contributed by atoms with Crippen LogP contribution in [0.15, 0.2) is 0 Å². The normalized spacial score (nSPS) is 21.4. The van der Waals surface area contributed by atoms with E-state index in [0.717, 1.165) is 45.2 Å². The predicted octanol–water partition coefficient (Wildman–Crippen LogP) is 1.71. The van der Waals surface area contributed by atoms with Gasteiger partial charge in [0.2, 0.25) is 5.91 Å². The highest BCUT2D eigenvalue weighted by Gasteiger charge is 2.17. The van der Waals surface area contributed by atoms with E-state index in [1.54, 1.807) is 0 Å². The second-order valence-electron chi connectivity index (χ2n) is 6.48. The molecule has 20 heavy (non-hydrogen) atoms. The highest BCUT2D eigenvalue weighted by Crippen LogP contribution is 2.26. The van der Waals surface area contributed by atoms with Gasteiger partial charge in [0.25, 0.3) is 0 Å². The molecule has 1 saturated heterocycles. The maximum Gasteiger partial charge on any atom is 0.223 e. The first-order valence-corrected chi connectivity index (χ1v) is 8.43. The number of hydrogen-bond acceptors (Lipinski definition) is 3. The quantitative estimate of drug-likeness (QED) is 0.805. The molecule has 1 heterocycles. The molecule has 0 aromatic rings. The third-order valence-electron chi connectivity index (χ3n) is 4.82. The Morgan fingerprint density at radius 1 is 1.15 bits per heavy atom. The molecule has 116 valence electrons. The molecule has 2 rings (SSSR count). The van der Waals surface area contributed by atoms with Gasteiger partial charge < -0.3 is 15.1 Å². The summed E-state index contributed by atoms with van der Waals surface area (Å²) in [5, 5.41) is 3.29. The van der Waals surface area contributed by atoms with E-state index >= 15 is 0 Å². The van der Waals surface area contributed by atoms with Gasteiger partial charge in [-0.2, -0.15) is 0 Å². The summed E-state index contributed by atoms with van der Waals surface area (Å²) < 4.78 is 0. The van der Waals surface area contributed by atoms with Gasteiger partial charge in [0.1, 0.15) is 0 Å². The fraction of sp³-hybridized carbons (Fsp3) is 0.938. The Balaban J connectivity index is 1.56. The molecule has 0 unspecified atom stereocenters. The summed E-state index contributed by atoms with van der Waals surface area (Å²) in [5.41, 5.74) is 0. The van der Waals surface area contributed by atoms with Gasteiger partial charge in [0.05, 0.1) is 0 Å². The number of nitrogens with one attached hydrogen (secondary N) is 1. The Kier molecular flexibility index (Phi) is 6.80. The number of nitrogens with zero attached hydrogens (tertiary/aromatic N) is 2. The number of hydrogen-bond donors (Lipinski definition) is 1. The number of carbonyl (C=O) groups excluding carboxylic acids is 1. The van der Waals surface area contributed by atoms with Crippen LogP contribution in [0.25, 0.3) is 0 Å². The molecule has 0 bridgehead atoms. The monoisotopic (exact) mass is 281 g/mol. The minimum absolute atomic E-state index is 0.330. The van der Waals surface area contributed by atoms with Crippen LogP contribution >= 0.6 is 0 Å². The molecule has 1 amide bonds. The van der Waals surface area contributed by atoms with Crippen molar-refractivity contribution in [3.05, 3.63) is 0 Å². The number of carbonyl (C=O) groups is 1. The number of rotatable bonds is 6. The van der Waals surface area contributed by atoms with Gasteiger partial charge in [-0.25, -0.2) is 0 Å². The fourth-order valence-corrected chi connectivity index (χ4v) is 3.35. The summed E-state index contributed by atoms with van der Waals surface area (Å²) >= 11 is 0. The Bertz CT molecular complexity index is 283. The lowest BCUT2D eigenvalue weighted by molar-refractivity contribution is -0.132. The van der Waals surface area contributed by atoms with E-state index in [9.17, 15) is 4.79 Å². The van der Waals surface area contributed by atoms with Crippen LogP contribution in [0.2, 0.25) is 0 Å². The van der Waals surface area contributed by atoms with Gasteiger partial charge >= 0.3 is 0 Å². The van der Waals surface area contributed by atoms with Crippen molar-refractivity contribution in [1.82, 2.24) is 15.1 Å². The molecule has 1 N–H and O–H groups in total. The van der Waals surface area contributed by atoms with E-state index in [4.69, 9.17) is 0 Å². The van der Waals surface area contributed by atoms with Crippen molar-refractivity contribution in [3.63, 3.8) is 0 Å². The second-order valence-corrected chi connectivity index (χ2v) is 6.48. The Labute approximate surface area is 123 Å². The first-order valence-electron chi connectivity index (χ1n) is 8.43. The zero-order valence-corrected chi connectivity index (χ0v) is 13.1. The van der Waals surface area contributed by atoms with Crippen LogP contribution in [0.3, 0.4) is 0 Å². The van der Waals surface area contributed by atoms with Crippen molar-refractivity contribution in [1.29, 1.82) is 0 Å². The molecule has 1 aliphatic heterocycles. The Morgan fingerprint density at radius 2 is 1.85 bits per heavy atom. The van der Waals surface area contributed by atoms with Crippen molar-refractivity contribution in [2.24, 2.45) is 5.92 Å². The lowest BCUT2D eigenvalue weighted by Gasteiger charge is -2.28. The molecular formula is C16H31N3O.